The molecule has 0 amide bonds. The molecule has 0 saturated heterocycles. The van der Waals surface area contributed by atoms with Crippen molar-refractivity contribution in [1.29, 1.82) is 0 Å². The Balaban J connectivity index is 1.53. The summed E-state index contributed by atoms with van der Waals surface area (Å²) in [6.45, 7) is 7.30. The van der Waals surface area contributed by atoms with Crippen LogP contribution in [-0.4, -0.2) is 66.5 Å². The molecule has 12 atom stereocenters. The minimum atomic E-state index is -5.66. The lowest BCUT2D eigenvalue weighted by atomic mass is 9.43. The van der Waals surface area contributed by atoms with Crippen molar-refractivity contribution in [3.63, 3.8) is 0 Å². The monoisotopic (exact) mass is 704 g/mol. The Morgan fingerprint density at radius 1 is 0.957 bits per heavy atom. The lowest BCUT2D eigenvalue weighted by molar-refractivity contribution is -0.434. The van der Waals surface area contributed by atoms with E-state index < -0.39 is 59.6 Å². The van der Waals surface area contributed by atoms with Crippen LogP contribution in [0.4, 0.5) is 22.0 Å². The molecule has 17 heteroatoms. The van der Waals surface area contributed by atoms with Crippen LogP contribution in [0.25, 0.3) is 0 Å². The highest BCUT2D eigenvalue weighted by Gasteiger charge is 2.67. The third-order valence-electron chi connectivity index (χ3n) is 12.0. The summed E-state index contributed by atoms with van der Waals surface area (Å²) >= 11 is -1.16. The van der Waals surface area contributed by atoms with Gasteiger partial charge in [-0.05, 0) is 86.4 Å². The van der Waals surface area contributed by atoms with Gasteiger partial charge in [0.25, 0.3) is 25.5 Å². The van der Waals surface area contributed by atoms with E-state index in [1.54, 1.807) is 6.92 Å². The second-order valence-corrected chi connectivity index (χ2v) is 14.7. The molecular formula is C30H41F5O11S. The number of fused-ring (bicyclic) bond motifs is 5. The Hall–Kier alpha value is -2.24. The molecule has 0 heterocycles. The highest BCUT2D eigenvalue weighted by atomic mass is 32.2. The van der Waals surface area contributed by atoms with Gasteiger partial charge in [0.2, 0.25) is 0 Å². The van der Waals surface area contributed by atoms with E-state index >= 15 is 0 Å². The molecule has 4 saturated carbocycles. The molecule has 4 fully saturated rings. The van der Waals surface area contributed by atoms with Gasteiger partial charge in [-0.1, -0.05) is 25.8 Å². The number of esters is 1. The fourth-order valence-corrected chi connectivity index (χ4v) is 10.3. The standard InChI is InChI=1S/C30H41F5O11S/c1-16(4-7-24(39)44-26(29(31,32)33)30(34,35)47-46-45-40)19-5-6-20-25-21(12-23(43-15-38)28(19,20)3)27(2)9-8-18(41-13-36)10-17(27)11-22(25)42-14-37/h13-23,25-26,40H,4-12H2,1-3H3/t16?,17-,18+,19+,20-,21-,22+,23-,25-,26?,27-,28+/m0/s1. The average Bonchev–Trinajstić information content (AvgIpc) is 3.36. The van der Waals surface area contributed by atoms with Crippen molar-refractivity contribution < 1.29 is 74.7 Å². The van der Waals surface area contributed by atoms with Gasteiger partial charge in [-0.2, -0.15) is 22.0 Å². The molecule has 0 aromatic carbocycles. The molecule has 0 spiro atoms. The first-order valence-electron chi connectivity index (χ1n) is 15.7. The summed E-state index contributed by atoms with van der Waals surface area (Å²) in [4.78, 5) is 47.1. The summed E-state index contributed by atoms with van der Waals surface area (Å²) in [6.07, 6.45) is -6.93. The number of carbonyl (C=O) groups is 4. The van der Waals surface area contributed by atoms with Gasteiger partial charge in [0.05, 0.1) is 0 Å². The van der Waals surface area contributed by atoms with Gasteiger partial charge in [0, 0.05) is 17.8 Å². The SMILES string of the molecule is CC(CCC(=O)OC(C(F)(F)F)C(F)(F)SOOO)[C@H]1CC[C@H]2[C@@H]3[C@H](OC=O)C[C@@H]4C[C@H](OC=O)CC[C@]4(C)[C@H]3C[C@H](OC=O)[C@]12C. The van der Waals surface area contributed by atoms with Gasteiger partial charge in [-0.25, -0.2) is 5.26 Å². The molecular weight excluding hydrogens is 663 g/mol. The van der Waals surface area contributed by atoms with Gasteiger partial charge >= 0.3 is 17.4 Å². The van der Waals surface area contributed by atoms with E-state index in [9.17, 15) is 41.1 Å². The lowest BCUT2D eigenvalue weighted by Gasteiger charge is -2.64. The molecule has 47 heavy (non-hydrogen) atoms. The van der Waals surface area contributed by atoms with E-state index in [0.29, 0.717) is 57.9 Å². The quantitative estimate of drug-likeness (QED) is 0.0404. The summed E-state index contributed by atoms with van der Waals surface area (Å²) in [7, 11) is 0. The van der Waals surface area contributed by atoms with Crippen LogP contribution in [0.1, 0.15) is 78.6 Å². The van der Waals surface area contributed by atoms with Crippen LogP contribution in [0.5, 0.6) is 0 Å². The maximum absolute atomic E-state index is 14.1. The van der Waals surface area contributed by atoms with E-state index in [4.69, 9.17) is 19.5 Å². The zero-order chi connectivity index (χ0) is 34.8. The van der Waals surface area contributed by atoms with Crippen molar-refractivity contribution in [2.45, 2.75) is 114 Å². The van der Waals surface area contributed by atoms with E-state index in [-0.39, 0.29) is 53.4 Å². The molecule has 0 bridgehead atoms. The van der Waals surface area contributed by atoms with Crippen LogP contribution in [0, 0.1) is 46.3 Å². The predicted molar refractivity (Wildman–Crippen MR) is 150 cm³/mol. The zero-order valence-corrected chi connectivity index (χ0v) is 27.0. The lowest BCUT2D eigenvalue weighted by Crippen LogP contribution is -2.63. The molecule has 4 rings (SSSR count). The molecule has 0 radical (unpaired) electrons. The van der Waals surface area contributed by atoms with Crippen LogP contribution in [0.3, 0.4) is 0 Å². The zero-order valence-electron chi connectivity index (χ0n) is 26.2. The summed E-state index contributed by atoms with van der Waals surface area (Å²) in [5.41, 5.74) is -0.865. The Labute approximate surface area is 272 Å². The van der Waals surface area contributed by atoms with E-state index in [2.05, 4.69) is 21.0 Å². The third-order valence-corrected chi connectivity index (χ3v) is 12.5. The van der Waals surface area contributed by atoms with Crippen molar-refractivity contribution in [3.05, 3.63) is 0 Å². The summed E-state index contributed by atoms with van der Waals surface area (Å²) in [5.74, 6) is -2.08. The smallest absolute Gasteiger partial charge is 0.432 e. The van der Waals surface area contributed by atoms with Gasteiger partial charge in [0.1, 0.15) is 30.4 Å². The molecule has 4 aliphatic rings. The number of alkyl halides is 5. The molecule has 4 aliphatic carbocycles. The first kappa shape index (κ1) is 37.6. The van der Waals surface area contributed by atoms with E-state index in [0.717, 1.165) is 6.42 Å². The van der Waals surface area contributed by atoms with Crippen molar-refractivity contribution in [3.8, 4) is 0 Å². The van der Waals surface area contributed by atoms with Crippen LogP contribution in [-0.2, 0) is 47.5 Å². The first-order valence-corrected chi connectivity index (χ1v) is 16.4. The maximum Gasteiger partial charge on any atom is 0.432 e. The molecule has 0 aromatic rings. The van der Waals surface area contributed by atoms with E-state index in [1.807, 2.05) is 6.92 Å². The Morgan fingerprint density at radius 2 is 1.64 bits per heavy atom. The molecule has 2 unspecified atom stereocenters. The molecule has 0 aromatic heterocycles. The summed E-state index contributed by atoms with van der Waals surface area (Å²) in [6, 6.07) is 0. The number of hydrogen-bond acceptors (Lipinski definition) is 12. The fourth-order valence-electron chi connectivity index (χ4n) is 9.92. The normalized spacial score (nSPS) is 38.1. The largest absolute Gasteiger partial charge is 0.465 e. The Morgan fingerprint density at radius 3 is 2.26 bits per heavy atom. The molecule has 268 valence electrons. The minimum absolute atomic E-state index is 0.000562. The average molecular weight is 705 g/mol. The van der Waals surface area contributed by atoms with Crippen molar-refractivity contribution in [1.82, 2.24) is 0 Å². The number of hydrogen-bond donors (Lipinski definition) is 1. The van der Waals surface area contributed by atoms with Crippen LogP contribution in [0.2, 0.25) is 0 Å². The van der Waals surface area contributed by atoms with Crippen molar-refractivity contribution >= 4 is 37.4 Å². The minimum Gasteiger partial charge on any atom is -0.465 e. The number of halogens is 5. The highest BCUT2D eigenvalue weighted by molar-refractivity contribution is 7.95. The third kappa shape index (κ3) is 7.37. The van der Waals surface area contributed by atoms with Crippen molar-refractivity contribution in [2.24, 2.45) is 46.3 Å². The predicted octanol–water partition coefficient (Wildman–Crippen LogP) is 6.04. The first-order chi connectivity index (χ1) is 22.1. The van der Waals surface area contributed by atoms with Crippen molar-refractivity contribution in [2.75, 3.05) is 0 Å². The van der Waals surface area contributed by atoms with Gasteiger partial charge in [-0.3, -0.25) is 19.2 Å². The number of ether oxygens (including phenoxy) is 4. The number of carbonyl (C=O) groups excluding carboxylic acids is 4. The second-order valence-electron chi connectivity index (χ2n) is 13.8. The van der Waals surface area contributed by atoms with E-state index in [1.165, 1.54) is 0 Å². The topological polar surface area (TPSA) is 144 Å². The summed E-state index contributed by atoms with van der Waals surface area (Å²) < 4.78 is 92.8. The maximum atomic E-state index is 14.1. The second kappa shape index (κ2) is 14.7. The highest BCUT2D eigenvalue weighted by Crippen LogP contribution is 2.69. The van der Waals surface area contributed by atoms with Gasteiger partial charge < -0.3 is 18.9 Å². The Bertz CT molecular complexity index is 1130. The molecule has 0 aliphatic heterocycles. The van der Waals surface area contributed by atoms with Crippen LogP contribution >= 0.6 is 12.0 Å². The Kier molecular flexibility index (Phi) is 11.8. The number of rotatable bonds is 15. The fraction of sp³-hybridized carbons (Fsp3) is 0.867. The van der Waals surface area contributed by atoms with Crippen LogP contribution in [0.15, 0.2) is 0 Å². The van der Waals surface area contributed by atoms with Crippen LogP contribution < -0.4 is 0 Å². The van der Waals surface area contributed by atoms with Gasteiger partial charge in [-0.15, -0.1) is 4.33 Å². The molecule has 1 N–H and O–H groups in total. The summed E-state index contributed by atoms with van der Waals surface area (Å²) in [5, 5.41) is 6.20. The molecule has 11 nitrogen and oxygen atoms in total. The van der Waals surface area contributed by atoms with Gasteiger partial charge in [0.15, 0.2) is 0 Å².